The third-order valence-electron chi connectivity index (χ3n) is 4.48. The van der Waals surface area contributed by atoms with Gasteiger partial charge in [-0.15, -0.1) is 0 Å². The van der Waals surface area contributed by atoms with Crippen molar-refractivity contribution < 1.29 is 13.9 Å². The van der Waals surface area contributed by atoms with E-state index in [1.807, 2.05) is 45.0 Å². The summed E-state index contributed by atoms with van der Waals surface area (Å²) in [7, 11) is 0. The van der Waals surface area contributed by atoms with Gasteiger partial charge in [-0.2, -0.15) is 5.10 Å². The summed E-state index contributed by atoms with van der Waals surface area (Å²) in [4.78, 5) is 11.9. The fourth-order valence-corrected chi connectivity index (χ4v) is 2.99. The number of nitrogens with one attached hydrogen (secondary N) is 1. The lowest BCUT2D eigenvalue weighted by Gasteiger charge is -2.13. The molecule has 28 heavy (non-hydrogen) atoms. The molecule has 3 aromatic rings. The van der Waals surface area contributed by atoms with Crippen molar-refractivity contribution in [2.45, 2.75) is 33.6 Å². The smallest absolute Gasteiger partial charge is 0.226 e. The van der Waals surface area contributed by atoms with Gasteiger partial charge >= 0.3 is 0 Å². The van der Waals surface area contributed by atoms with Crippen molar-refractivity contribution in [3.8, 4) is 17.3 Å². The van der Waals surface area contributed by atoms with Crippen LogP contribution in [0.3, 0.4) is 0 Å². The molecular weight excluding hydrogens is 357 g/mol. The standard InChI is InChI=1S/C22H24FN3O2/c1-4-24-21(27)14-13-19-16(3)25-26(18-11-9-17(23)10-12-18)22(19)28-20-8-6-5-7-15(20)2/h5-12H,4,13-14H2,1-3H3,(H,24,27). The highest BCUT2D eigenvalue weighted by atomic mass is 19.1. The highest BCUT2D eigenvalue weighted by Gasteiger charge is 2.20. The van der Waals surface area contributed by atoms with Crippen LogP contribution in [-0.4, -0.2) is 22.2 Å². The molecule has 3 rings (SSSR count). The first kappa shape index (κ1) is 19.6. The van der Waals surface area contributed by atoms with Crippen LogP contribution < -0.4 is 10.1 Å². The molecule has 0 saturated heterocycles. The molecule has 1 N–H and O–H groups in total. The number of hydrogen-bond acceptors (Lipinski definition) is 3. The van der Waals surface area contributed by atoms with Gasteiger partial charge in [0.15, 0.2) is 0 Å². The van der Waals surface area contributed by atoms with E-state index in [1.54, 1.807) is 16.8 Å². The molecule has 2 aromatic carbocycles. The van der Waals surface area contributed by atoms with E-state index in [2.05, 4.69) is 10.4 Å². The van der Waals surface area contributed by atoms with E-state index < -0.39 is 0 Å². The number of carbonyl (C=O) groups is 1. The zero-order valence-electron chi connectivity index (χ0n) is 16.3. The van der Waals surface area contributed by atoms with E-state index in [4.69, 9.17) is 4.74 Å². The molecule has 0 spiro atoms. The van der Waals surface area contributed by atoms with Gasteiger partial charge in [0.2, 0.25) is 11.8 Å². The Bertz CT molecular complexity index is 964. The average Bonchev–Trinajstić information content (AvgIpc) is 2.98. The van der Waals surface area contributed by atoms with E-state index in [9.17, 15) is 9.18 Å². The molecule has 0 aliphatic heterocycles. The Labute approximate surface area is 164 Å². The predicted molar refractivity (Wildman–Crippen MR) is 107 cm³/mol. The van der Waals surface area contributed by atoms with E-state index in [0.717, 1.165) is 16.8 Å². The van der Waals surface area contributed by atoms with Gasteiger partial charge in [0.05, 0.1) is 11.4 Å². The molecule has 1 heterocycles. The number of benzene rings is 2. The number of aryl methyl sites for hydroxylation is 2. The minimum Gasteiger partial charge on any atom is -0.438 e. The Morgan fingerprint density at radius 3 is 2.54 bits per heavy atom. The number of amides is 1. The van der Waals surface area contributed by atoms with Gasteiger partial charge in [0, 0.05) is 18.5 Å². The van der Waals surface area contributed by atoms with Crippen LogP contribution in [0.5, 0.6) is 11.6 Å². The Morgan fingerprint density at radius 1 is 1.14 bits per heavy atom. The molecular formula is C22H24FN3O2. The summed E-state index contributed by atoms with van der Waals surface area (Å²) >= 11 is 0. The zero-order chi connectivity index (χ0) is 20.1. The zero-order valence-corrected chi connectivity index (χ0v) is 16.3. The number of hydrogen-bond donors (Lipinski definition) is 1. The highest BCUT2D eigenvalue weighted by Crippen LogP contribution is 2.32. The predicted octanol–water partition coefficient (Wildman–Crippen LogP) is 4.49. The van der Waals surface area contributed by atoms with Crippen molar-refractivity contribution in [3.63, 3.8) is 0 Å². The first-order valence-corrected chi connectivity index (χ1v) is 9.34. The molecule has 0 bridgehead atoms. The molecule has 1 aromatic heterocycles. The summed E-state index contributed by atoms with van der Waals surface area (Å²) in [6, 6.07) is 13.8. The van der Waals surface area contributed by atoms with Crippen molar-refractivity contribution in [1.29, 1.82) is 0 Å². The van der Waals surface area contributed by atoms with Crippen molar-refractivity contribution >= 4 is 5.91 Å². The van der Waals surface area contributed by atoms with Gasteiger partial charge in [-0.05, 0) is 63.1 Å². The highest BCUT2D eigenvalue weighted by molar-refractivity contribution is 5.76. The lowest BCUT2D eigenvalue weighted by atomic mass is 10.1. The van der Waals surface area contributed by atoms with Gasteiger partial charge in [-0.1, -0.05) is 18.2 Å². The number of para-hydroxylation sites is 1. The summed E-state index contributed by atoms with van der Waals surface area (Å²) in [6.07, 6.45) is 0.841. The monoisotopic (exact) mass is 381 g/mol. The third kappa shape index (κ3) is 4.39. The van der Waals surface area contributed by atoms with Crippen molar-refractivity contribution in [1.82, 2.24) is 15.1 Å². The van der Waals surface area contributed by atoms with Crippen LogP contribution in [0.4, 0.5) is 4.39 Å². The van der Waals surface area contributed by atoms with Crippen LogP contribution in [0.1, 0.15) is 30.2 Å². The molecule has 0 atom stereocenters. The van der Waals surface area contributed by atoms with Crippen LogP contribution in [0.25, 0.3) is 5.69 Å². The minimum absolute atomic E-state index is 0.0155. The molecule has 0 aliphatic carbocycles. The third-order valence-corrected chi connectivity index (χ3v) is 4.48. The van der Waals surface area contributed by atoms with Crippen molar-refractivity contribution in [2.75, 3.05) is 6.54 Å². The summed E-state index contributed by atoms with van der Waals surface area (Å²) in [5.74, 6) is 0.927. The molecule has 1 amide bonds. The van der Waals surface area contributed by atoms with Gasteiger partial charge in [-0.25, -0.2) is 9.07 Å². The SMILES string of the molecule is CCNC(=O)CCc1c(C)nn(-c2ccc(F)cc2)c1Oc1ccccc1C. The number of ether oxygens (including phenoxy) is 1. The fraction of sp³-hybridized carbons (Fsp3) is 0.273. The normalized spacial score (nSPS) is 10.7. The van der Waals surface area contributed by atoms with E-state index in [-0.39, 0.29) is 11.7 Å². The van der Waals surface area contributed by atoms with Gasteiger partial charge in [0.1, 0.15) is 11.6 Å². The fourth-order valence-electron chi connectivity index (χ4n) is 2.99. The number of aromatic nitrogens is 2. The van der Waals surface area contributed by atoms with E-state index in [1.165, 1.54) is 12.1 Å². The maximum absolute atomic E-state index is 13.4. The summed E-state index contributed by atoms with van der Waals surface area (Å²) < 4.78 is 21.3. The molecule has 0 aliphatic rings. The average molecular weight is 381 g/mol. The molecule has 0 unspecified atom stereocenters. The first-order chi connectivity index (χ1) is 13.5. The molecule has 6 heteroatoms. The molecule has 0 radical (unpaired) electrons. The van der Waals surface area contributed by atoms with Gasteiger partial charge in [-0.3, -0.25) is 4.79 Å². The molecule has 146 valence electrons. The number of carbonyl (C=O) groups excluding carboxylic acids is 1. The second kappa shape index (κ2) is 8.69. The largest absolute Gasteiger partial charge is 0.438 e. The maximum atomic E-state index is 13.4. The lowest BCUT2D eigenvalue weighted by Crippen LogP contribution is -2.22. The summed E-state index contributed by atoms with van der Waals surface area (Å²) in [5.41, 5.74) is 3.31. The quantitative estimate of drug-likeness (QED) is 0.656. The number of rotatable bonds is 7. The lowest BCUT2D eigenvalue weighted by molar-refractivity contribution is -0.120. The van der Waals surface area contributed by atoms with Gasteiger partial charge in [0.25, 0.3) is 0 Å². The number of halogens is 1. The minimum atomic E-state index is -0.314. The number of nitrogens with zero attached hydrogens (tertiary/aromatic N) is 2. The van der Waals surface area contributed by atoms with E-state index in [0.29, 0.717) is 36.7 Å². The first-order valence-electron chi connectivity index (χ1n) is 9.34. The summed E-state index contributed by atoms with van der Waals surface area (Å²) in [5, 5.41) is 7.41. The van der Waals surface area contributed by atoms with Gasteiger partial charge < -0.3 is 10.1 Å². The Balaban J connectivity index is 2.01. The second-order valence-electron chi connectivity index (χ2n) is 6.58. The molecule has 0 saturated carbocycles. The molecule has 0 fully saturated rings. The Morgan fingerprint density at radius 2 is 1.86 bits per heavy atom. The van der Waals surface area contributed by atoms with Crippen molar-refractivity contribution in [3.05, 3.63) is 71.2 Å². The Kier molecular flexibility index (Phi) is 6.09. The van der Waals surface area contributed by atoms with Crippen LogP contribution in [0, 0.1) is 19.7 Å². The van der Waals surface area contributed by atoms with E-state index >= 15 is 0 Å². The van der Waals surface area contributed by atoms with Crippen molar-refractivity contribution in [2.24, 2.45) is 0 Å². The second-order valence-corrected chi connectivity index (χ2v) is 6.58. The van der Waals surface area contributed by atoms with Crippen LogP contribution >= 0.6 is 0 Å². The van der Waals surface area contributed by atoms with Crippen LogP contribution in [0.15, 0.2) is 48.5 Å². The maximum Gasteiger partial charge on any atom is 0.226 e. The van der Waals surface area contributed by atoms with Crippen LogP contribution in [0.2, 0.25) is 0 Å². The van der Waals surface area contributed by atoms with Crippen LogP contribution in [-0.2, 0) is 11.2 Å². The Hall–Kier alpha value is -3.15. The molecule has 5 nitrogen and oxygen atoms in total. The topological polar surface area (TPSA) is 56.2 Å². The summed E-state index contributed by atoms with van der Waals surface area (Å²) in [6.45, 7) is 6.34.